The molecule has 1 aromatic rings. The fourth-order valence-electron chi connectivity index (χ4n) is 1.89. The first kappa shape index (κ1) is 9.61. The summed E-state index contributed by atoms with van der Waals surface area (Å²) in [5.74, 6) is 1.24. The van der Waals surface area contributed by atoms with Crippen LogP contribution in [-0.2, 0) is 6.54 Å². The number of likely N-dealkylation sites (tertiary alicyclic amines) is 1. The molecule has 1 aromatic heterocycles. The highest BCUT2D eigenvalue weighted by atomic mass is 16.4. The Morgan fingerprint density at radius 2 is 2.43 bits per heavy atom. The highest BCUT2D eigenvalue weighted by Crippen LogP contribution is 2.18. The van der Waals surface area contributed by atoms with Gasteiger partial charge in [0.25, 0.3) is 0 Å². The molecule has 0 aliphatic carbocycles. The fourth-order valence-corrected chi connectivity index (χ4v) is 1.89. The van der Waals surface area contributed by atoms with E-state index in [0.717, 1.165) is 19.4 Å². The third-order valence-electron chi connectivity index (χ3n) is 2.62. The van der Waals surface area contributed by atoms with Crippen LogP contribution in [0, 0.1) is 6.92 Å². The molecule has 1 saturated heterocycles. The van der Waals surface area contributed by atoms with Crippen molar-refractivity contribution in [3.63, 3.8) is 0 Å². The molecule has 78 valence electrons. The van der Waals surface area contributed by atoms with E-state index < -0.39 is 0 Å². The summed E-state index contributed by atoms with van der Waals surface area (Å²) in [4.78, 5) is 2.19. The molecular weight excluding hydrogens is 182 g/mol. The molecule has 1 atom stereocenters. The minimum atomic E-state index is 0.215. The number of rotatable bonds is 3. The van der Waals surface area contributed by atoms with Gasteiger partial charge in [-0.2, -0.15) is 0 Å². The number of hydrogen-bond donors (Lipinski definition) is 1. The van der Waals surface area contributed by atoms with Gasteiger partial charge < -0.3 is 9.52 Å². The molecule has 1 N–H and O–H groups in total. The van der Waals surface area contributed by atoms with Crippen molar-refractivity contribution in [1.29, 1.82) is 0 Å². The lowest BCUT2D eigenvalue weighted by atomic mass is 10.2. The molecule has 0 saturated carbocycles. The summed E-state index contributed by atoms with van der Waals surface area (Å²) in [6, 6.07) is 0.266. The number of aromatic nitrogens is 2. The SMILES string of the molecule is Cc1nnc(CN2CCC[C@H]2CO)o1. The normalized spacial score (nSPS) is 23.1. The van der Waals surface area contributed by atoms with Gasteiger partial charge in [0, 0.05) is 13.0 Å². The van der Waals surface area contributed by atoms with Crippen LogP contribution in [0.5, 0.6) is 0 Å². The molecular formula is C9H15N3O2. The molecule has 0 unspecified atom stereocenters. The molecule has 2 rings (SSSR count). The Kier molecular flexibility index (Phi) is 2.79. The minimum absolute atomic E-state index is 0.215. The van der Waals surface area contributed by atoms with E-state index in [1.807, 2.05) is 0 Å². The summed E-state index contributed by atoms with van der Waals surface area (Å²) >= 11 is 0. The fraction of sp³-hybridized carbons (Fsp3) is 0.778. The van der Waals surface area contributed by atoms with E-state index in [0.29, 0.717) is 18.3 Å². The van der Waals surface area contributed by atoms with Crippen molar-refractivity contribution in [2.24, 2.45) is 0 Å². The van der Waals surface area contributed by atoms with Crippen LogP contribution in [0.1, 0.15) is 24.6 Å². The maximum atomic E-state index is 9.11. The zero-order valence-electron chi connectivity index (χ0n) is 8.31. The van der Waals surface area contributed by atoms with Gasteiger partial charge in [-0.05, 0) is 19.4 Å². The van der Waals surface area contributed by atoms with E-state index in [4.69, 9.17) is 9.52 Å². The molecule has 1 aliphatic heterocycles. The first-order valence-corrected chi connectivity index (χ1v) is 4.93. The van der Waals surface area contributed by atoms with Gasteiger partial charge in [-0.15, -0.1) is 10.2 Å². The summed E-state index contributed by atoms with van der Waals surface area (Å²) in [5.41, 5.74) is 0. The Bertz CT molecular complexity index is 300. The summed E-state index contributed by atoms with van der Waals surface area (Å²) in [6.07, 6.45) is 2.20. The number of aliphatic hydroxyl groups excluding tert-OH is 1. The monoisotopic (exact) mass is 197 g/mol. The molecule has 5 nitrogen and oxygen atoms in total. The van der Waals surface area contributed by atoms with Crippen molar-refractivity contribution in [2.75, 3.05) is 13.2 Å². The molecule has 1 fully saturated rings. The first-order chi connectivity index (χ1) is 6.79. The molecule has 0 amide bonds. The number of hydrogen-bond acceptors (Lipinski definition) is 5. The van der Waals surface area contributed by atoms with Crippen molar-refractivity contribution in [3.8, 4) is 0 Å². The van der Waals surface area contributed by atoms with Gasteiger partial charge in [-0.1, -0.05) is 0 Å². The zero-order chi connectivity index (χ0) is 9.97. The largest absolute Gasteiger partial charge is 0.424 e. The van der Waals surface area contributed by atoms with Crippen LogP contribution in [0.15, 0.2) is 4.42 Å². The average molecular weight is 197 g/mol. The Morgan fingerprint density at radius 3 is 3.07 bits per heavy atom. The van der Waals surface area contributed by atoms with Gasteiger partial charge >= 0.3 is 0 Å². The number of aryl methyl sites for hydroxylation is 1. The Balaban J connectivity index is 1.96. The van der Waals surface area contributed by atoms with Crippen LogP contribution < -0.4 is 0 Å². The lowest BCUT2D eigenvalue weighted by Crippen LogP contribution is -2.31. The van der Waals surface area contributed by atoms with Gasteiger partial charge in [0.15, 0.2) is 0 Å². The van der Waals surface area contributed by atoms with Crippen molar-refractivity contribution in [2.45, 2.75) is 32.4 Å². The van der Waals surface area contributed by atoms with Crippen LogP contribution in [0.4, 0.5) is 0 Å². The van der Waals surface area contributed by atoms with Crippen molar-refractivity contribution < 1.29 is 9.52 Å². The zero-order valence-corrected chi connectivity index (χ0v) is 8.31. The standard InChI is InChI=1S/C9H15N3O2/c1-7-10-11-9(14-7)5-12-4-2-3-8(12)6-13/h8,13H,2-6H2,1H3/t8-/m0/s1. The molecule has 14 heavy (non-hydrogen) atoms. The second-order valence-corrected chi connectivity index (χ2v) is 3.66. The van der Waals surface area contributed by atoms with Crippen LogP contribution in [-0.4, -0.2) is 39.4 Å². The lowest BCUT2D eigenvalue weighted by molar-refractivity contribution is 0.144. The Labute approximate surface area is 82.7 Å². The molecule has 1 aliphatic rings. The van der Waals surface area contributed by atoms with Gasteiger partial charge in [0.1, 0.15) is 0 Å². The van der Waals surface area contributed by atoms with E-state index in [-0.39, 0.29) is 12.6 Å². The van der Waals surface area contributed by atoms with Gasteiger partial charge in [-0.25, -0.2) is 0 Å². The summed E-state index contributed by atoms with van der Waals surface area (Å²) < 4.78 is 5.29. The third-order valence-corrected chi connectivity index (χ3v) is 2.62. The van der Waals surface area contributed by atoms with E-state index in [1.54, 1.807) is 6.92 Å². The van der Waals surface area contributed by atoms with Crippen LogP contribution in [0.3, 0.4) is 0 Å². The Hall–Kier alpha value is -0.940. The molecule has 0 aromatic carbocycles. The van der Waals surface area contributed by atoms with E-state index in [9.17, 15) is 0 Å². The van der Waals surface area contributed by atoms with Crippen LogP contribution >= 0.6 is 0 Å². The van der Waals surface area contributed by atoms with Gasteiger partial charge in [0.2, 0.25) is 11.8 Å². The molecule has 0 bridgehead atoms. The van der Waals surface area contributed by atoms with Gasteiger partial charge in [0.05, 0.1) is 13.2 Å². The van der Waals surface area contributed by atoms with E-state index in [1.165, 1.54) is 0 Å². The van der Waals surface area contributed by atoms with Crippen LogP contribution in [0.2, 0.25) is 0 Å². The maximum Gasteiger partial charge on any atom is 0.230 e. The molecule has 5 heteroatoms. The second-order valence-electron chi connectivity index (χ2n) is 3.66. The third kappa shape index (κ3) is 1.93. The van der Waals surface area contributed by atoms with E-state index >= 15 is 0 Å². The van der Waals surface area contributed by atoms with Gasteiger partial charge in [-0.3, -0.25) is 4.90 Å². The van der Waals surface area contributed by atoms with Crippen molar-refractivity contribution >= 4 is 0 Å². The first-order valence-electron chi connectivity index (χ1n) is 4.93. The summed E-state index contributed by atoms with van der Waals surface area (Å²) in [7, 11) is 0. The predicted octanol–water partition coefficient (Wildman–Crippen LogP) is 0.335. The minimum Gasteiger partial charge on any atom is -0.424 e. The van der Waals surface area contributed by atoms with Crippen LogP contribution in [0.25, 0.3) is 0 Å². The molecule has 2 heterocycles. The van der Waals surface area contributed by atoms with Crippen molar-refractivity contribution in [3.05, 3.63) is 11.8 Å². The molecule has 0 radical (unpaired) electrons. The number of nitrogens with zero attached hydrogens (tertiary/aromatic N) is 3. The highest BCUT2D eigenvalue weighted by Gasteiger charge is 2.24. The highest BCUT2D eigenvalue weighted by molar-refractivity contribution is 4.85. The smallest absolute Gasteiger partial charge is 0.230 e. The van der Waals surface area contributed by atoms with E-state index in [2.05, 4.69) is 15.1 Å². The quantitative estimate of drug-likeness (QED) is 0.756. The number of aliphatic hydroxyl groups is 1. The average Bonchev–Trinajstić information content (AvgIpc) is 2.76. The molecule has 0 spiro atoms. The second kappa shape index (κ2) is 4.06. The van der Waals surface area contributed by atoms with Crippen molar-refractivity contribution in [1.82, 2.24) is 15.1 Å². The topological polar surface area (TPSA) is 62.4 Å². The Morgan fingerprint density at radius 1 is 1.57 bits per heavy atom. The maximum absolute atomic E-state index is 9.11. The summed E-state index contributed by atoms with van der Waals surface area (Å²) in [5, 5.41) is 16.8. The summed E-state index contributed by atoms with van der Waals surface area (Å²) in [6.45, 7) is 3.66. The predicted molar refractivity (Wildman–Crippen MR) is 49.6 cm³/mol. The lowest BCUT2D eigenvalue weighted by Gasteiger charge is -2.20.